The average molecular weight is 187 g/mol. The van der Waals surface area contributed by atoms with Crippen LogP contribution in [0.4, 0.5) is 5.69 Å². The summed E-state index contributed by atoms with van der Waals surface area (Å²) in [6.07, 6.45) is 0.831. The third-order valence-corrected chi connectivity index (χ3v) is 2.31. The van der Waals surface area contributed by atoms with Crippen LogP contribution in [0.2, 0.25) is 0 Å². The second-order valence-corrected chi connectivity index (χ2v) is 3.27. The molecule has 0 aliphatic carbocycles. The first-order valence-electron chi connectivity index (χ1n) is 4.58. The fourth-order valence-corrected chi connectivity index (χ4v) is 1.63. The lowest BCUT2D eigenvalue weighted by atomic mass is 10.1. The van der Waals surface area contributed by atoms with Crippen molar-refractivity contribution in [3.8, 4) is 0 Å². The fourth-order valence-electron chi connectivity index (χ4n) is 1.63. The Hall–Kier alpha value is -1.77. The molecule has 0 aliphatic rings. The molecule has 2 aromatic rings. The van der Waals surface area contributed by atoms with E-state index in [1.54, 1.807) is 18.2 Å². The average Bonchev–Trinajstić information content (AvgIpc) is 2.15. The molecule has 3 nitrogen and oxygen atoms in total. The Bertz CT molecular complexity index is 528. The van der Waals surface area contributed by atoms with Crippen molar-refractivity contribution in [2.45, 2.75) is 13.3 Å². The van der Waals surface area contributed by atoms with Gasteiger partial charge in [0, 0.05) is 11.5 Å². The highest BCUT2D eigenvalue weighted by molar-refractivity contribution is 5.84. The molecule has 0 aliphatic heterocycles. The summed E-state index contributed by atoms with van der Waals surface area (Å²) in [5.41, 5.74) is 9.56. The van der Waals surface area contributed by atoms with Crippen LogP contribution in [-0.2, 0) is 6.42 Å². The van der Waals surface area contributed by atoms with Gasteiger partial charge in [-0.2, -0.15) is 0 Å². The van der Waals surface area contributed by atoms with Crippen molar-refractivity contribution in [2.24, 2.45) is 0 Å². The molecule has 1 aromatic carbocycles. The summed E-state index contributed by atoms with van der Waals surface area (Å²) in [6.45, 7) is 2.02. The predicted octanol–water partition coefficient (Wildman–Crippen LogP) is 2.00. The minimum absolute atomic E-state index is 0.0973. The fraction of sp³-hybridized carbons (Fsp3) is 0.182. The first kappa shape index (κ1) is 8.81. The minimum atomic E-state index is -0.0973. The molecule has 3 heteroatoms. The molecule has 1 radical (unpaired) electrons. The standard InChI is InChI=1S/C11H11N2O/c1-2-7-5-11(14)13-10-6-8(12)3-4-9(7)10/h3-6,12H,2H2,1H3,(H,13,14). The largest absolute Gasteiger partial charge is 0.322 e. The van der Waals surface area contributed by atoms with Gasteiger partial charge in [-0.05, 0) is 24.1 Å². The molecular formula is C11H11N2O. The topological polar surface area (TPSA) is 56.7 Å². The Morgan fingerprint density at radius 2 is 2.14 bits per heavy atom. The van der Waals surface area contributed by atoms with Gasteiger partial charge in [0.05, 0.1) is 11.2 Å². The number of aromatic nitrogens is 1. The Morgan fingerprint density at radius 1 is 1.36 bits per heavy atom. The summed E-state index contributed by atoms with van der Waals surface area (Å²) in [4.78, 5) is 14.0. The number of rotatable bonds is 1. The predicted molar refractivity (Wildman–Crippen MR) is 56.7 cm³/mol. The van der Waals surface area contributed by atoms with Gasteiger partial charge in [0.2, 0.25) is 5.56 Å². The molecule has 2 N–H and O–H groups in total. The van der Waals surface area contributed by atoms with Gasteiger partial charge >= 0.3 is 0 Å². The van der Waals surface area contributed by atoms with Crippen molar-refractivity contribution in [1.82, 2.24) is 10.7 Å². The maximum atomic E-state index is 11.3. The number of benzene rings is 1. The van der Waals surface area contributed by atoms with Crippen molar-refractivity contribution in [2.75, 3.05) is 0 Å². The zero-order chi connectivity index (χ0) is 10.1. The summed E-state index contributed by atoms with van der Waals surface area (Å²) in [6, 6.07) is 6.91. The van der Waals surface area contributed by atoms with Crippen LogP contribution in [0.3, 0.4) is 0 Å². The molecule has 1 heterocycles. The summed E-state index contributed by atoms with van der Waals surface area (Å²) >= 11 is 0. The van der Waals surface area contributed by atoms with Gasteiger partial charge in [-0.1, -0.05) is 13.0 Å². The SMILES string of the molecule is CCc1cc(=O)[nH]c2cc([NH])ccc12. The number of pyridine rings is 1. The number of hydrogen-bond donors (Lipinski definition) is 1. The number of H-pyrrole nitrogens is 1. The van der Waals surface area contributed by atoms with E-state index >= 15 is 0 Å². The van der Waals surface area contributed by atoms with Crippen molar-refractivity contribution in [1.29, 1.82) is 0 Å². The number of aromatic amines is 1. The smallest absolute Gasteiger partial charge is 0.248 e. The highest BCUT2D eigenvalue weighted by Crippen LogP contribution is 2.18. The van der Waals surface area contributed by atoms with E-state index in [4.69, 9.17) is 5.73 Å². The Balaban J connectivity index is 2.87. The lowest BCUT2D eigenvalue weighted by molar-refractivity contribution is 1.13. The van der Waals surface area contributed by atoms with Crippen LogP contribution >= 0.6 is 0 Å². The first-order valence-corrected chi connectivity index (χ1v) is 4.58. The lowest BCUT2D eigenvalue weighted by Crippen LogP contribution is -2.05. The van der Waals surface area contributed by atoms with Crippen LogP contribution < -0.4 is 11.3 Å². The summed E-state index contributed by atoms with van der Waals surface area (Å²) in [5.74, 6) is 0. The number of fused-ring (bicyclic) bond motifs is 1. The molecule has 0 saturated carbocycles. The van der Waals surface area contributed by atoms with Gasteiger partial charge in [-0.25, -0.2) is 0 Å². The molecular weight excluding hydrogens is 176 g/mol. The van der Waals surface area contributed by atoms with Crippen molar-refractivity contribution in [3.05, 3.63) is 40.2 Å². The third-order valence-electron chi connectivity index (χ3n) is 2.31. The second kappa shape index (κ2) is 3.18. The molecule has 1 aromatic heterocycles. The Labute approximate surface area is 81.6 Å². The van der Waals surface area contributed by atoms with E-state index in [0.717, 1.165) is 22.9 Å². The highest BCUT2D eigenvalue weighted by Gasteiger charge is 2.01. The van der Waals surface area contributed by atoms with E-state index in [1.807, 2.05) is 13.0 Å². The Morgan fingerprint density at radius 3 is 2.86 bits per heavy atom. The molecule has 0 unspecified atom stereocenters. The van der Waals surface area contributed by atoms with Crippen LogP contribution in [0.1, 0.15) is 12.5 Å². The number of aryl methyl sites for hydroxylation is 1. The van der Waals surface area contributed by atoms with Crippen LogP contribution in [0.5, 0.6) is 0 Å². The molecule has 71 valence electrons. The molecule has 14 heavy (non-hydrogen) atoms. The van der Waals surface area contributed by atoms with Gasteiger partial charge in [0.15, 0.2) is 0 Å². The summed E-state index contributed by atoms with van der Waals surface area (Å²) < 4.78 is 0. The molecule has 2 rings (SSSR count). The maximum Gasteiger partial charge on any atom is 0.248 e. The van der Waals surface area contributed by atoms with Gasteiger partial charge < -0.3 is 10.7 Å². The monoisotopic (exact) mass is 187 g/mol. The van der Waals surface area contributed by atoms with Gasteiger partial charge in [-0.15, -0.1) is 0 Å². The molecule has 0 fully saturated rings. The zero-order valence-corrected chi connectivity index (χ0v) is 7.92. The molecule has 0 amide bonds. The molecule has 0 saturated heterocycles. The quantitative estimate of drug-likeness (QED) is 0.729. The third kappa shape index (κ3) is 1.37. The van der Waals surface area contributed by atoms with Crippen LogP contribution in [0.15, 0.2) is 29.1 Å². The van der Waals surface area contributed by atoms with Crippen molar-refractivity contribution in [3.63, 3.8) is 0 Å². The Kier molecular flexibility index (Phi) is 2.00. The van der Waals surface area contributed by atoms with E-state index < -0.39 is 0 Å². The summed E-state index contributed by atoms with van der Waals surface area (Å²) in [7, 11) is 0. The number of nitrogens with one attached hydrogen (secondary N) is 2. The van der Waals surface area contributed by atoms with E-state index in [1.165, 1.54) is 0 Å². The zero-order valence-electron chi connectivity index (χ0n) is 7.92. The van der Waals surface area contributed by atoms with Crippen molar-refractivity contribution < 1.29 is 0 Å². The second-order valence-electron chi connectivity index (χ2n) is 3.27. The van der Waals surface area contributed by atoms with E-state index in [2.05, 4.69) is 4.98 Å². The summed E-state index contributed by atoms with van der Waals surface area (Å²) in [5, 5.41) is 1.03. The molecule has 0 bridgehead atoms. The van der Waals surface area contributed by atoms with Crippen LogP contribution in [-0.4, -0.2) is 4.98 Å². The maximum absolute atomic E-state index is 11.3. The van der Waals surface area contributed by atoms with E-state index in [-0.39, 0.29) is 5.56 Å². The molecule has 0 spiro atoms. The van der Waals surface area contributed by atoms with Gasteiger partial charge in [0.25, 0.3) is 0 Å². The first-order chi connectivity index (χ1) is 6.70. The van der Waals surface area contributed by atoms with E-state index in [9.17, 15) is 4.79 Å². The van der Waals surface area contributed by atoms with E-state index in [0.29, 0.717) is 5.69 Å². The molecule has 0 atom stereocenters. The normalized spacial score (nSPS) is 10.6. The van der Waals surface area contributed by atoms with Crippen molar-refractivity contribution >= 4 is 16.6 Å². The van der Waals surface area contributed by atoms with Crippen LogP contribution in [0.25, 0.3) is 10.9 Å². The minimum Gasteiger partial charge on any atom is -0.322 e. The highest BCUT2D eigenvalue weighted by atomic mass is 16.1. The van der Waals surface area contributed by atoms with Gasteiger partial charge in [-0.3, -0.25) is 4.79 Å². The lowest BCUT2D eigenvalue weighted by Gasteiger charge is -2.03. The number of hydrogen-bond acceptors (Lipinski definition) is 1. The van der Waals surface area contributed by atoms with Crippen LogP contribution in [0, 0.1) is 0 Å². The van der Waals surface area contributed by atoms with Gasteiger partial charge in [0.1, 0.15) is 0 Å².